The molecule has 30 heavy (non-hydrogen) atoms. The maximum absolute atomic E-state index is 13.2. The average molecular weight is 417 g/mol. The number of likely N-dealkylation sites (tertiary alicyclic amines) is 1. The summed E-state index contributed by atoms with van der Waals surface area (Å²) >= 11 is 0. The number of aromatic nitrogens is 2. The van der Waals surface area contributed by atoms with Crippen molar-refractivity contribution in [3.63, 3.8) is 0 Å². The van der Waals surface area contributed by atoms with E-state index in [1.807, 2.05) is 9.58 Å². The molecule has 2 aliphatic carbocycles. The van der Waals surface area contributed by atoms with Gasteiger partial charge in [-0.15, -0.1) is 0 Å². The minimum atomic E-state index is -0.115. The van der Waals surface area contributed by atoms with E-state index in [9.17, 15) is 9.59 Å². The highest BCUT2D eigenvalue weighted by Gasteiger charge is 2.41. The molecule has 1 aromatic rings. The van der Waals surface area contributed by atoms with E-state index < -0.39 is 0 Å². The molecule has 1 aliphatic heterocycles. The lowest BCUT2D eigenvalue weighted by Gasteiger charge is -2.31. The minimum absolute atomic E-state index is 0.00757. The summed E-state index contributed by atoms with van der Waals surface area (Å²) in [7, 11) is 1.68. The number of hydrogen-bond acceptors (Lipinski definition) is 4. The van der Waals surface area contributed by atoms with Gasteiger partial charge in [0.1, 0.15) is 0 Å². The Labute approximate surface area is 179 Å². The summed E-state index contributed by atoms with van der Waals surface area (Å²) in [5.74, 6) is 0.166. The molecule has 1 saturated carbocycles. The summed E-state index contributed by atoms with van der Waals surface area (Å²) in [4.78, 5) is 28.2. The predicted octanol–water partition coefficient (Wildman–Crippen LogP) is 3.86. The normalized spacial score (nSPS) is 24.2. The number of hydrogen-bond donors (Lipinski definition) is 1. The Morgan fingerprint density at radius 3 is 2.67 bits per heavy atom. The Balaban J connectivity index is 1.61. The number of nitrogens with zero attached hydrogens (tertiary/aromatic N) is 3. The first kappa shape index (κ1) is 21.3. The van der Waals surface area contributed by atoms with E-state index >= 15 is 0 Å². The molecule has 166 valence electrons. The van der Waals surface area contributed by atoms with Gasteiger partial charge in [0, 0.05) is 26.1 Å². The number of Topliss-reactive ketones (excluding diaryl/α,β-unsaturated/α-hetero) is 1. The second kappa shape index (κ2) is 8.69. The number of amides is 2. The van der Waals surface area contributed by atoms with Gasteiger partial charge >= 0.3 is 6.03 Å². The molecule has 2 heterocycles. The second-order valence-electron chi connectivity index (χ2n) is 10.00. The molecule has 0 unspecified atom stereocenters. The monoisotopic (exact) mass is 416 g/mol. The van der Waals surface area contributed by atoms with Crippen LogP contribution in [0, 0.1) is 5.41 Å². The maximum atomic E-state index is 13.2. The summed E-state index contributed by atoms with van der Waals surface area (Å²) in [5.41, 5.74) is 2.52. The van der Waals surface area contributed by atoms with E-state index in [1.54, 1.807) is 7.11 Å². The van der Waals surface area contributed by atoms with Crippen molar-refractivity contribution in [3.05, 3.63) is 17.0 Å². The van der Waals surface area contributed by atoms with Crippen LogP contribution in [0.15, 0.2) is 0 Å². The fourth-order valence-electron chi connectivity index (χ4n) is 5.43. The van der Waals surface area contributed by atoms with Crippen molar-refractivity contribution in [2.24, 2.45) is 5.41 Å². The minimum Gasteiger partial charge on any atom is -0.383 e. The number of carbonyl (C=O) groups excluding carboxylic acids is 2. The Morgan fingerprint density at radius 1 is 1.17 bits per heavy atom. The Morgan fingerprint density at radius 2 is 1.93 bits per heavy atom. The third kappa shape index (κ3) is 4.27. The van der Waals surface area contributed by atoms with Crippen molar-refractivity contribution in [2.45, 2.75) is 90.3 Å². The van der Waals surface area contributed by atoms with Crippen molar-refractivity contribution in [2.75, 3.05) is 20.3 Å². The van der Waals surface area contributed by atoms with Crippen LogP contribution in [0.2, 0.25) is 0 Å². The number of nitrogens with one attached hydrogen (secondary N) is 1. The van der Waals surface area contributed by atoms with E-state index in [-0.39, 0.29) is 29.3 Å². The van der Waals surface area contributed by atoms with Crippen molar-refractivity contribution in [3.8, 4) is 0 Å². The maximum Gasteiger partial charge on any atom is 0.318 e. The van der Waals surface area contributed by atoms with Gasteiger partial charge in [-0.05, 0) is 37.5 Å². The van der Waals surface area contributed by atoms with Crippen LogP contribution >= 0.6 is 0 Å². The molecule has 1 saturated heterocycles. The highest BCUT2D eigenvalue weighted by molar-refractivity contribution is 6.00. The molecule has 1 N–H and O–H groups in total. The fourth-order valence-corrected chi connectivity index (χ4v) is 5.43. The molecule has 1 atom stereocenters. The second-order valence-corrected chi connectivity index (χ2v) is 10.00. The number of urea groups is 1. The Bertz CT molecular complexity index is 795. The first-order valence-electron chi connectivity index (χ1n) is 11.6. The SMILES string of the molecule is COCCn1nc([C@@H]2CCCN2C(=O)NC2CCCCC2)c2c1CC(C)(C)CC2=O. The molecule has 1 aromatic heterocycles. The molecule has 7 nitrogen and oxygen atoms in total. The third-order valence-corrected chi connectivity index (χ3v) is 6.92. The predicted molar refractivity (Wildman–Crippen MR) is 115 cm³/mol. The van der Waals surface area contributed by atoms with Crippen LogP contribution in [-0.4, -0.2) is 52.8 Å². The van der Waals surface area contributed by atoms with Gasteiger partial charge in [0.05, 0.1) is 36.1 Å². The van der Waals surface area contributed by atoms with Gasteiger partial charge in [0.15, 0.2) is 5.78 Å². The van der Waals surface area contributed by atoms with Crippen LogP contribution in [0.4, 0.5) is 4.79 Å². The van der Waals surface area contributed by atoms with E-state index in [4.69, 9.17) is 9.84 Å². The van der Waals surface area contributed by atoms with Crippen LogP contribution in [0.1, 0.15) is 93.0 Å². The van der Waals surface area contributed by atoms with Gasteiger partial charge in [0.2, 0.25) is 0 Å². The van der Waals surface area contributed by atoms with Gasteiger partial charge < -0.3 is 15.0 Å². The molecule has 2 amide bonds. The van der Waals surface area contributed by atoms with Crippen LogP contribution in [0.25, 0.3) is 0 Å². The number of ether oxygens (including phenoxy) is 1. The smallest absolute Gasteiger partial charge is 0.318 e. The lowest BCUT2D eigenvalue weighted by molar-refractivity contribution is 0.0905. The van der Waals surface area contributed by atoms with E-state index in [0.29, 0.717) is 19.6 Å². The first-order chi connectivity index (χ1) is 14.4. The summed E-state index contributed by atoms with van der Waals surface area (Å²) in [6.45, 7) is 6.19. The number of rotatable bonds is 5. The van der Waals surface area contributed by atoms with Gasteiger partial charge in [0.25, 0.3) is 0 Å². The Hall–Kier alpha value is -1.89. The molecule has 0 radical (unpaired) electrons. The number of fused-ring (bicyclic) bond motifs is 1. The molecule has 0 bridgehead atoms. The third-order valence-electron chi connectivity index (χ3n) is 6.92. The molecule has 0 aromatic carbocycles. The molecule has 0 spiro atoms. The zero-order valence-electron chi connectivity index (χ0n) is 18.7. The molecule has 7 heteroatoms. The van der Waals surface area contributed by atoms with Crippen molar-refractivity contribution in [1.82, 2.24) is 20.0 Å². The fraction of sp³-hybridized carbons (Fsp3) is 0.783. The van der Waals surface area contributed by atoms with E-state index in [1.165, 1.54) is 19.3 Å². The molecule has 3 aliphatic rings. The topological polar surface area (TPSA) is 76.5 Å². The largest absolute Gasteiger partial charge is 0.383 e. The zero-order chi connectivity index (χ0) is 21.3. The van der Waals surface area contributed by atoms with Crippen molar-refractivity contribution in [1.29, 1.82) is 0 Å². The molecular weight excluding hydrogens is 380 g/mol. The van der Waals surface area contributed by atoms with Crippen LogP contribution in [0.5, 0.6) is 0 Å². The summed E-state index contributed by atoms with van der Waals surface area (Å²) in [6.07, 6.45) is 8.95. The molecule has 4 rings (SSSR count). The molecular formula is C23H36N4O3. The van der Waals surface area contributed by atoms with E-state index in [2.05, 4.69) is 19.2 Å². The average Bonchev–Trinajstić information content (AvgIpc) is 3.31. The lowest BCUT2D eigenvalue weighted by Crippen LogP contribution is -2.45. The summed E-state index contributed by atoms with van der Waals surface area (Å²) in [6, 6.07) is 0.174. The standard InChI is InChI=1S/C23H36N4O3/c1-23(2)14-18-20(19(28)15-23)21(25-27(18)12-13-30-3)17-10-7-11-26(17)22(29)24-16-8-5-4-6-9-16/h16-17H,4-15H2,1-3H3,(H,24,29)/t17-/m0/s1. The van der Waals surface area contributed by atoms with Gasteiger partial charge in [-0.2, -0.15) is 5.10 Å². The van der Waals surface area contributed by atoms with Crippen molar-refractivity contribution >= 4 is 11.8 Å². The number of carbonyl (C=O) groups is 2. The highest BCUT2D eigenvalue weighted by Crippen LogP contribution is 2.41. The highest BCUT2D eigenvalue weighted by atomic mass is 16.5. The van der Waals surface area contributed by atoms with Crippen LogP contribution in [0.3, 0.4) is 0 Å². The van der Waals surface area contributed by atoms with E-state index in [0.717, 1.165) is 55.6 Å². The first-order valence-corrected chi connectivity index (χ1v) is 11.6. The number of methoxy groups -OCH3 is 1. The quantitative estimate of drug-likeness (QED) is 0.791. The Kier molecular flexibility index (Phi) is 6.19. The zero-order valence-corrected chi connectivity index (χ0v) is 18.7. The molecule has 2 fully saturated rings. The van der Waals surface area contributed by atoms with Gasteiger partial charge in [-0.25, -0.2) is 4.79 Å². The summed E-state index contributed by atoms with van der Waals surface area (Å²) in [5, 5.41) is 8.15. The van der Waals surface area contributed by atoms with Crippen LogP contribution in [-0.2, 0) is 17.7 Å². The van der Waals surface area contributed by atoms with Gasteiger partial charge in [-0.1, -0.05) is 33.1 Å². The van der Waals surface area contributed by atoms with Crippen molar-refractivity contribution < 1.29 is 14.3 Å². The van der Waals surface area contributed by atoms with Crippen LogP contribution < -0.4 is 5.32 Å². The number of ketones is 1. The van der Waals surface area contributed by atoms with Gasteiger partial charge in [-0.3, -0.25) is 9.48 Å². The summed E-state index contributed by atoms with van der Waals surface area (Å²) < 4.78 is 7.23. The lowest BCUT2D eigenvalue weighted by atomic mass is 9.75.